The van der Waals surface area contributed by atoms with E-state index >= 15 is 0 Å². The lowest BCUT2D eigenvalue weighted by molar-refractivity contribution is -0.155. The van der Waals surface area contributed by atoms with Crippen LogP contribution in [0.15, 0.2) is 42.0 Å². The lowest BCUT2D eigenvalue weighted by atomic mass is 9.91. The van der Waals surface area contributed by atoms with Gasteiger partial charge in [-0.2, -0.15) is 0 Å². The highest BCUT2D eigenvalue weighted by Crippen LogP contribution is 2.31. The lowest BCUT2D eigenvalue weighted by Gasteiger charge is -2.30. The molecule has 218 valence electrons. The summed E-state index contributed by atoms with van der Waals surface area (Å²) in [6.07, 6.45) is 2.97. The number of esters is 2. The van der Waals surface area contributed by atoms with Gasteiger partial charge < -0.3 is 34.3 Å². The first-order chi connectivity index (χ1) is 18.9. The van der Waals surface area contributed by atoms with Crippen LogP contribution in [-0.2, 0) is 33.3 Å². The molecule has 0 radical (unpaired) electrons. The number of hydrogen-bond acceptors (Lipinski definition) is 9. The monoisotopic (exact) mass is 558 g/mol. The number of hydrogen-bond donors (Lipinski definition) is 2. The fourth-order valence-corrected chi connectivity index (χ4v) is 4.19. The SMILES string of the molecule is CN(C)C(=O)C=Cc1cccc(C(=O)OC2CC(C(=O)NC(CO)CCC(=O)OC(C)(C)C)=CC3OCOC32)c1. The number of ether oxygens (including phenoxy) is 4. The summed E-state index contributed by atoms with van der Waals surface area (Å²) in [5.74, 6) is -1.69. The van der Waals surface area contributed by atoms with Crippen LogP contribution in [0, 0.1) is 0 Å². The number of aliphatic hydroxyl groups excluding tert-OH is 1. The van der Waals surface area contributed by atoms with Gasteiger partial charge in [0, 0.05) is 38.6 Å². The molecule has 1 fully saturated rings. The molecule has 4 unspecified atom stereocenters. The first kappa shape index (κ1) is 31.0. The molecule has 1 aromatic carbocycles. The molecule has 2 amide bonds. The van der Waals surface area contributed by atoms with E-state index in [1.54, 1.807) is 71.3 Å². The Morgan fingerprint density at radius 1 is 1.20 bits per heavy atom. The van der Waals surface area contributed by atoms with E-state index in [0.717, 1.165) is 0 Å². The van der Waals surface area contributed by atoms with Crippen molar-refractivity contribution >= 4 is 29.8 Å². The van der Waals surface area contributed by atoms with Crippen LogP contribution in [0.1, 0.15) is 56.0 Å². The van der Waals surface area contributed by atoms with Crippen molar-refractivity contribution in [1.82, 2.24) is 10.2 Å². The molecule has 40 heavy (non-hydrogen) atoms. The fraction of sp³-hybridized carbons (Fsp3) is 0.517. The second kappa shape index (κ2) is 13.7. The molecule has 0 spiro atoms. The molecule has 2 N–H and O–H groups in total. The molecule has 0 aromatic heterocycles. The third kappa shape index (κ3) is 9.00. The third-order valence-electron chi connectivity index (χ3n) is 6.20. The second-order valence-corrected chi connectivity index (χ2v) is 10.9. The highest BCUT2D eigenvalue weighted by molar-refractivity contribution is 5.95. The Balaban J connectivity index is 1.64. The molecule has 11 nitrogen and oxygen atoms in total. The zero-order chi connectivity index (χ0) is 29.4. The minimum atomic E-state index is -0.797. The van der Waals surface area contributed by atoms with Gasteiger partial charge in [0.15, 0.2) is 0 Å². The number of benzene rings is 1. The predicted molar refractivity (Wildman–Crippen MR) is 145 cm³/mol. The number of rotatable bonds is 10. The lowest BCUT2D eigenvalue weighted by Crippen LogP contribution is -2.45. The number of aliphatic hydroxyl groups is 1. The molecule has 0 bridgehead atoms. The Morgan fingerprint density at radius 3 is 2.62 bits per heavy atom. The van der Waals surface area contributed by atoms with E-state index in [-0.39, 0.29) is 44.1 Å². The quantitative estimate of drug-likeness (QED) is 0.326. The van der Waals surface area contributed by atoms with Crippen molar-refractivity contribution < 1.29 is 43.2 Å². The number of carbonyl (C=O) groups is 4. The van der Waals surface area contributed by atoms with Crippen LogP contribution in [0.2, 0.25) is 0 Å². The molecule has 11 heteroatoms. The van der Waals surface area contributed by atoms with E-state index in [2.05, 4.69) is 5.32 Å². The standard InChI is InChI=1S/C29H38N2O9/c1-29(2,3)40-25(34)12-10-21(16-32)30-27(35)20-14-22-26(38-17-37-22)23(15-20)39-28(36)19-8-6-7-18(13-19)9-11-24(33)31(4)5/h6-9,11,13-14,21-23,26,32H,10,12,15-17H2,1-5H3,(H,30,35). The molecule has 1 aromatic rings. The summed E-state index contributed by atoms with van der Waals surface area (Å²) in [7, 11) is 3.29. The molecular weight excluding hydrogens is 520 g/mol. The summed E-state index contributed by atoms with van der Waals surface area (Å²) in [6, 6.07) is 5.97. The number of nitrogens with one attached hydrogen (secondary N) is 1. The molecule has 1 aliphatic heterocycles. The van der Waals surface area contributed by atoms with E-state index in [4.69, 9.17) is 18.9 Å². The van der Waals surface area contributed by atoms with Crippen LogP contribution in [-0.4, -0.2) is 91.2 Å². The van der Waals surface area contributed by atoms with Gasteiger partial charge in [-0.05, 0) is 57.0 Å². The van der Waals surface area contributed by atoms with Gasteiger partial charge in [-0.25, -0.2) is 4.79 Å². The van der Waals surface area contributed by atoms with Gasteiger partial charge in [0.2, 0.25) is 11.8 Å². The first-order valence-corrected chi connectivity index (χ1v) is 13.1. The van der Waals surface area contributed by atoms with E-state index in [0.29, 0.717) is 11.1 Å². The van der Waals surface area contributed by atoms with Crippen molar-refractivity contribution in [2.45, 2.75) is 70.0 Å². The number of likely N-dealkylation sites (N-methyl/N-ethyl adjacent to an activating group) is 1. The Labute approximate surface area is 234 Å². The maximum Gasteiger partial charge on any atom is 0.338 e. The minimum absolute atomic E-state index is 0.00980. The third-order valence-corrected chi connectivity index (χ3v) is 6.20. The molecule has 3 rings (SSSR count). The summed E-state index contributed by atoms with van der Waals surface area (Å²) in [5, 5.41) is 12.5. The van der Waals surface area contributed by atoms with Crippen molar-refractivity contribution in [2.24, 2.45) is 0 Å². The summed E-state index contributed by atoms with van der Waals surface area (Å²) in [5.41, 5.74) is 0.613. The van der Waals surface area contributed by atoms with Crippen molar-refractivity contribution in [1.29, 1.82) is 0 Å². The highest BCUT2D eigenvalue weighted by Gasteiger charge is 2.42. The van der Waals surface area contributed by atoms with E-state index < -0.39 is 47.8 Å². The molecule has 2 aliphatic rings. The van der Waals surface area contributed by atoms with E-state index in [1.807, 2.05) is 0 Å². The normalized spacial score (nSPS) is 21.2. The van der Waals surface area contributed by atoms with Crippen LogP contribution in [0.4, 0.5) is 0 Å². The van der Waals surface area contributed by atoms with Crippen molar-refractivity contribution in [2.75, 3.05) is 27.5 Å². The van der Waals surface area contributed by atoms with Crippen LogP contribution in [0.5, 0.6) is 0 Å². The Morgan fingerprint density at radius 2 is 1.95 bits per heavy atom. The van der Waals surface area contributed by atoms with Gasteiger partial charge in [-0.1, -0.05) is 12.1 Å². The van der Waals surface area contributed by atoms with Crippen LogP contribution in [0.25, 0.3) is 6.08 Å². The van der Waals surface area contributed by atoms with Crippen molar-refractivity contribution in [3.63, 3.8) is 0 Å². The maximum absolute atomic E-state index is 13.1. The highest BCUT2D eigenvalue weighted by atomic mass is 16.7. The van der Waals surface area contributed by atoms with E-state index in [9.17, 15) is 24.3 Å². The average Bonchev–Trinajstić information content (AvgIpc) is 3.37. The van der Waals surface area contributed by atoms with Gasteiger partial charge in [0.25, 0.3) is 0 Å². The topological polar surface area (TPSA) is 141 Å². The Bertz CT molecular complexity index is 1150. The molecule has 1 heterocycles. The molecule has 1 aliphatic carbocycles. The number of amides is 2. The van der Waals surface area contributed by atoms with Crippen molar-refractivity contribution in [3.05, 3.63) is 53.1 Å². The molecule has 0 saturated carbocycles. The van der Waals surface area contributed by atoms with Crippen molar-refractivity contribution in [3.8, 4) is 0 Å². The number of nitrogens with zero attached hydrogens (tertiary/aromatic N) is 1. The largest absolute Gasteiger partial charge is 0.460 e. The summed E-state index contributed by atoms with van der Waals surface area (Å²) >= 11 is 0. The molecular formula is C29H38N2O9. The molecule has 4 atom stereocenters. The summed E-state index contributed by atoms with van der Waals surface area (Å²) in [6.45, 7) is 4.92. The Kier molecular flexibility index (Phi) is 10.6. The zero-order valence-corrected chi connectivity index (χ0v) is 23.5. The average molecular weight is 559 g/mol. The van der Waals surface area contributed by atoms with Gasteiger partial charge in [-0.3, -0.25) is 14.4 Å². The fourth-order valence-electron chi connectivity index (χ4n) is 4.19. The number of fused-ring (bicyclic) bond motifs is 1. The Hall–Kier alpha value is -3.54. The van der Waals surface area contributed by atoms with Crippen LogP contribution in [0.3, 0.4) is 0 Å². The minimum Gasteiger partial charge on any atom is -0.460 e. The predicted octanol–water partition coefficient (Wildman–Crippen LogP) is 1.98. The van der Waals surface area contributed by atoms with Gasteiger partial charge in [-0.15, -0.1) is 0 Å². The summed E-state index contributed by atoms with van der Waals surface area (Å²) < 4.78 is 22.3. The van der Waals surface area contributed by atoms with Crippen LogP contribution < -0.4 is 5.32 Å². The first-order valence-electron chi connectivity index (χ1n) is 13.1. The van der Waals surface area contributed by atoms with Gasteiger partial charge in [0.05, 0.1) is 18.2 Å². The number of carbonyl (C=O) groups excluding carboxylic acids is 4. The van der Waals surface area contributed by atoms with E-state index in [1.165, 1.54) is 11.0 Å². The summed E-state index contributed by atoms with van der Waals surface area (Å²) in [4.78, 5) is 51.4. The zero-order valence-electron chi connectivity index (χ0n) is 23.5. The smallest absolute Gasteiger partial charge is 0.338 e. The second-order valence-electron chi connectivity index (χ2n) is 10.9. The molecule has 1 saturated heterocycles. The van der Waals surface area contributed by atoms with Gasteiger partial charge in [0.1, 0.15) is 30.7 Å². The van der Waals surface area contributed by atoms with Gasteiger partial charge >= 0.3 is 11.9 Å². The maximum atomic E-state index is 13.1. The van der Waals surface area contributed by atoms with Crippen LogP contribution >= 0.6 is 0 Å².